The Morgan fingerprint density at radius 1 is 1.53 bits per heavy atom. The van der Waals surface area contributed by atoms with Gasteiger partial charge in [-0.3, -0.25) is 4.98 Å². The van der Waals surface area contributed by atoms with Crippen molar-refractivity contribution in [3.8, 4) is 0 Å². The topological polar surface area (TPSA) is 78.4 Å². The van der Waals surface area contributed by atoms with Crippen LogP contribution in [-0.2, 0) is 0 Å². The van der Waals surface area contributed by atoms with Crippen molar-refractivity contribution in [2.45, 2.75) is 19.9 Å². The van der Waals surface area contributed by atoms with E-state index < -0.39 is 5.97 Å². The molecule has 94 valence electrons. The number of rotatable bonds is 6. The second kappa shape index (κ2) is 6.15. The summed E-state index contributed by atoms with van der Waals surface area (Å²) in [6, 6.07) is 0.480. The number of carbonyl (C=O) groups is 1. The van der Waals surface area contributed by atoms with E-state index in [1.807, 2.05) is 7.05 Å². The first-order valence-electron chi connectivity index (χ1n) is 5.50. The summed E-state index contributed by atoms with van der Waals surface area (Å²) in [4.78, 5) is 20.6. The molecule has 17 heavy (non-hydrogen) atoms. The summed E-state index contributed by atoms with van der Waals surface area (Å²) in [6.45, 7) is 5.79. The van der Waals surface area contributed by atoms with Crippen LogP contribution in [0.4, 0.5) is 5.82 Å². The molecule has 0 saturated carbocycles. The summed E-state index contributed by atoms with van der Waals surface area (Å²) in [6.07, 6.45) is 2.75. The lowest BCUT2D eigenvalue weighted by molar-refractivity contribution is 0.0690. The normalized spacial score (nSPS) is 10.9. The molecule has 1 heterocycles. The number of aromatic carboxylic acids is 1. The summed E-state index contributed by atoms with van der Waals surface area (Å²) < 4.78 is 0. The van der Waals surface area contributed by atoms with Crippen molar-refractivity contribution in [1.82, 2.24) is 14.9 Å². The van der Waals surface area contributed by atoms with Gasteiger partial charge in [-0.2, -0.15) is 0 Å². The molecule has 0 fully saturated rings. The minimum Gasteiger partial charge on any atom is -0.476 e. The van der Waals surface area contributed by atoms with Crippen molar-refractivity contribution in [2.24, 2.45) is 0 Å². The Balaban J connectivity index is 2.47. The molecule has 0 amide bonds. The summed E-state index contributed by atoms with van der Waals surface area (Å²) >= 11 is 0. The molecule has 0 saturated heterocycles. The van der Waals surface area contributed by atoms with Crippen LogP contribution in [0.15, 0.2) is 12.4 Å². The Hall–Kier alpha value is -1.69. The molecule has 0 unspecified atom stereocenters. The Bertz CT molecular complexity index is 381. The Morgan fingerprint density at radius 2 is 2.24 bits per heavy atom. The average Bonchev–Trinajstić information content (AvgIpc) is 2.29. The largest absolute Gasteiger partial charge is 0.476 e. The van der Waals surface area contributed by atoms with Crippen LogP contribution >= 0.6 is 0 Å². The van der Waals surface area contributed by atoms with Gasteiger partial charge in [0.2, 0.25) is 0 Å². The zero-order chi connectivity index (χ0) is 12.8. The summed E-state index contributed by atoms with van der Waals surface area (Å²) in [5, 5.41) is 11.8. The van der Waals surface area contributed by atoms with Crippen molar-refractivity contribution >= 4 is 11.8 Å². The van der Waals surface area contributed by atoms with E-state index in [1.54, 1.807) is 0 Å². The lowest BCUT2D eigenvalue weighted by atomic mass is 10.3. The van der Waals surface area contributed by atoms with Crippen LogP contribution in [-0.4, -0.2) is 52.1 Å². The zero-order valence-electron chi connectivity index (χ0n) is 10.3. The Morgan fingerprint density at radius 3 is 2.82 bits per heavy atom. The molecule has 0 bridgehead atoms. The third kappa shape index (κ3) is 4.36. The van der Waals surface area contributed by atoms with Gasteiger partial charge >= 0.3 is 5.97 Å². The van der Waals surface area contributed by atoms with Crippen molar-refractivity contribution in [1.29, 1.82) is 0 Å². The Labute approximate surface area is 101 Å². The molecular weight excluding hydrogens is 220 g/mol. The average molecular weight is 238 g/mol. The van der Waals surface area contributed by atoms with Crippen LogP contribution in [0, 0.1) is 0 Å². The molecule has 1 aromatic heterocycles. The predicted molar refractivity (Wildman–Crippen MR) is 65.2 cm³/mol. The minimum atomic E-state index is -1.07. The predicted octanol–water partition coefficient (Wildman–Crippen LogP) is 0.927. The first kappa shape index (κ1) is 13.4. The van der Waals surface area contributed by atoms with Gasteiger partial charge in [0.15, 0.2) is 5.69 Å². The van der Waals surface area contributed by atoms with E-state index >= 15 is 0 Å². The molecular formula is C11H18N4O2. The Kier molecular flexibility index (Phi) is 4.84. The molecule has 2 N–H and O–H groups in total. The number of carboxylic acids is 1. The molecule has 6 heteroatoms. The van der Waals surface area contributed by atoms with Gasteiger partial charge in [-0.25, -0.2) is 9.78 Å². The fourth-order valence-electron chi connectivity index (χ4n) is 1.17. The molecule has 0 aliphatic rings. The first-order valence-corrected chi connectivity index (χ1v) is 5.50. The van der Waals surface area contributed by atoms with Crippen molar-refractivity contribution in [3.05, 3.63) is 18.1 Å². The molecule has 1 aromatic rings. The number of aromatic nitrogens is 2. The minimum absolute atomic E-state index is 0.0489. The third-order valence-corrected chi connectivity index (χ3v) is 2.51. The number of anilines is 1. The maximum atomic E-state index is 10.7. The second-order valence-corrected chi connectivity index (χ2v) is 4.10. The lowest BCUT2D eigenvalue weighted by Crippen LogP contribution is -2.31. The number of hydrogen-bond acceptors (Lipinski definition) is 5. The van der Waals surface area contributed by atoms with E-state index in [0.29, 0.717) is 18.4 Å². The van der Waals surface area contributed by atoms with Gasteiger partial charge < -0.3 is 15.3 Å². The van der Waals surface area contributed by atoms with Crippen LogP contribution in [0.25, 0.3) is 0 Å². The second-order valence-electron chi connectivity index (χ2n) is 4.10. The maximum absolute atomic E-state index is 10.7. The van der Waals surface area contributed by atoms with Gasteiger partial charge in [0.05, 0.1) is 12.4 Å². The van der Waals surface area contributed by atoms with E-state index in [2.05, 4.69) is 34.0 Å². The highest BCUT2D eigenvalue weighted by molar-refractivity contribution is 5.85. The number of likely N-dealkylation sites (N-methyl/N-ethyl adjacent to an activating group) is 1. The molecule has 0 spiro atoms. The molecule has 0 aliphatic heterocycles. The molecule has 0 aromatic carbocycles. The summed E-state index contributed by atoms with van der Waals surface area (Å²) in [7, 11) is 2.03. The third-order valence-electron chi connectivity index (χ3n) is 2.51. The van der Waals surface area contributed by atoms with Crippen LogP contribution in [0.1, 0.15) is 24.3 Å². The zero-order valence-corrected chi connectivity index (χ0v) is 10.3. The van der Waals surface area contributed by atoms with Gasteiger partial charge in [-0.1, -0.05) is 0 Å². The van der Waals surface area contributed by atoms with Crippen LogP contribution in [0.5, 0.6) is 0 Å². The van der Waals surface area contributed by atoms with Crippen LogP contribution in [0.2, 0.25) is 0 Å². The van der Waals surface area contributed by atoms with E-state index in [-0.39, 0.29) is 5.69 Å². The fourth-order valence-corrected chi connectivity index (χ4v) is 1.17. The number of hydrogen-bond donors (Lipinski definition) is 2. The molecule has 0 atom stereocenters. The van der Waals surface area contributed by atoms with Gasteiger partial charge in [0.25, 0.3) is 0 Å². The van der Waals surface area contributed by atoms with Crippen molar-refractivity contribution in [3.63, 3.8) is 0 Å². The highest BCUT2D eigenvalue weighted by Crippen LogP contribution is 2.02. The summed E-state index contributed by atoms with van der Waals surface area (Å²) in [5.41, 5.74) is -0.0489. The summed E-state index contributed by atoms with van der Waals surface area (Å²) in [5.74, 6) is -0.581. The van der Waals surface area contributed by atoms with Gasteiger partial charge in [0, 0.05) is 19.1 Å². The smallest absolute Gasteiger partial charge is 0.356 e. The first-order chi connectivity index (χ1) is 8.00. The number of carboxylic acid groups (broad SMARTS) is 1. The number of nitrogens with one attached hydrogen (secondary N) is 1. The number of nitrogens with zero attached hydrogens (tertiary/aromatic N) is 3. The monoisotopic (exact) mass is 238 g/mol. The van der Waals surface area contributed by atoms with E-state index in [9.17, 15) is 4.79 Å². The maximum Gasteiger partial charge on any atom is 0.356 e. The molecule has 6 nitrogen and oxygen atoms in total. The molecule has 0 aliphatic carbocycles. The fraction of sp³-hybridized carbons (Fsp3) is 0.545. The van der Waals surface area contributed by atoms with Crippen molar-refractivity contribution in [2.75, 3.05) is 25.5 Å². The molecule has 0 radical (unpaired) electrons. The highest BCUT2D eigenvalue weighted by Gasteiger charge is 2.06. The van der Waals surface area contributed by atoms with Gasteiger partial charge in [-0.15, -0.1) is 0 Å². The van der Waals surface area contributed by atoms with Gasteiger partial charge in [0.1, 0.15) is 5.82 Å². The van der Waals surface area contributed by atoms with E-state index in [4.69, 9.17) is 5.11 Å². The van der Waals surface area contributed by atoms with Crippen molar-refractivity contribution < 1.29 is 9.90 Å². The van der Waals surface area contributed by atoms with Crippen LogP contribution in [0.3, 0.4) is 0 Å². The van der Waals surface area contributed by atoms with Crippen LogP contribution < -0.4 is 5.32 Å². The SMILES string of the molecule is CC(C)N(C)CCNc1cncc(C(=O)O)n1. The van der Waals surface area contributed by atoms with Gasteiger partial charge in [-0.05, 0) is 20.9 Å². The quantitative estimate of drug-likeness (QED) is 0.767. The lowest BCUT2D eigenvalue weighted by Gasteiger charge is -2.20. The highest BCUT2D eigenvalue weighted by atomic mass is 16.4. The van der Waals surface area contributed by atoms with E-state index in [1.165, 1.54) is 12.4 Å². The molecule has 1 rings (SSSR count). The standard InChI is InChI=1S/C11H18N4O2/c1-8(2)15(3)5-4-13-10-7-12-6-9(14-10)11(16)17/h6-8H,4-5H2,1-3H3,(H,13,14)(H,16,17). The van der Waals surface area contributed by atoms with E-state index in [0.717, 1.165) is 6.54 Å².